The summed E-state index contributed by atoms with van der Waals surface area (Å²) in [6.45, 7) is 0.140. The third-order valence-corrected chi connectivity index (χ3v) is 3.51. The number of hydrogen-bond donors (Lipinski definition) is 2. The van der Waals surface area contributed by atoms with E-state index < -0.39 is 0 Å². The molecule has 0 saturated heterocycles. The number of rotatable bonds is 1. The highest BCUT2D eigenvalue weighted by Gasteiger charge is 2.24. The first kappa shape index (κ1) is 11.2. The SMILES string of the molecule is Cn1nc(-c2cc3c(c(Br)c2O)OCO3)cc1N. The fraction of sp³-hybridized carbons (Fsp3) is 0.182. The van der Waals surface area contributed by atoms with Crippen molar-refractivity contribution in [3.05, 3.63) is 16.6 Å². The van der Waals surface area contributed by atoms with Crippen LogP contribution in [0.3, 0.4) is 0 Å². The van der Waals surface area contributed by atoms with E-state index in [1.165, 1.54) is 4.68 Å². The smallest absolute Gasteiger partial charge is 0.231 e. The Morgan fingerprint density at radius 2 is 2.22 bits per heavy atom. The minimum absolute atomic E-state index is 0.0531. The molecule has 0 saturated carbocycles. The molecule has 7 heteroatoms. The van der Waals surface area contributed by atoms with E-state index in [9.17, 15) is 5.11 Å². The Morgan fingerprint density at radius 3 is 2.89 bits per heavy atom. The number of fused-ring (bicyclic) bond motifs is 1. The molecule has 2 aromatic rings. The molecular weight excluding hydrogens is 302 g/mol. The Kier molecular flexibility index (Phi) is 2.37. The predicted molar refractivity (Wildman–Crippen MR) is 68.5 cm³/mol. The van der Waals surface area contributed by atoms with E-state index in [4.69, 9.17) is 15.2 Å². The standard InChI is InChI=1S/C11H10BrN3O3/c1-15-8(13)3-6(14-15)5-2-7-11(18-4-17-7)9(12)10(5)16/h2-3,16H,4,13H2,1H3. The lowest BCUT2D eigenvalue weighted by Crippen LogP contribution is -1.96. The number of phenols is 1. The minimum Gasteiger partial charge on any atom is -0.506 e. The van der Waals surface area contributed by atoms with Gasteiger partial charge in [0.15, 0.2) is 11.5 Å². The van der Waals surface area contributed by atoms with Crippen LogP contribution >= 0.6 is 15.9 Å². The number of nitrogens with zero attached hydrogens (tertiary/aromatic N) is 2. The largest absolute Gasteiger partial charge is 0.506 e. The summed E-state index contributed by atoms with van der Waals surface area (Å²) < 4.78 is 12.5. The van der Waals surface area contributed by atoms with Crippen molar-refractivity contribution in [3.8, 4) is 28.5 Å². The first-order chi connectivity index (χ1) is 8.58. The monoisotopic (exact) mass is 311 g/mol. The molecule has 3 rings (SSSR count). The van der Waals surface area contributed by atoms with Gasteiger partial charge in [-0.3, -0.25) is 4.68 Å². The maximum Gasteiger partial charge on any atom is 0.231 e. The van der Waals surface area contributed by atoms with Gasteiger partial charge in [-0.1, -0.05) is 0 Å². The molecular formula is C11H10BrN3O3. The molecule has 1 aliphatic heterocycles. The molecule has 18 heavy (non-hydrogen) atoms. The molecule has 0 atom stereocenters. The molecule has 94 valence electrons. The summed E-state index contributed by atoms with van der Waals surface area (Å²) in [6, 6.07) is 3.37. The number of benzene rings is 1. The molecule has 0 amide bonds. The van der Waals surface area contributed by atoms with Gasteiger partial charge in [-0.05, 0) is 22.0 Å². The molecule has 1 aliphatic rings. The van der Waals surface area contributed by atoms with Gasteiger partial charge in [-0.25, -0.2) is 0 Å². The van der Waals surface area contributed by atoms with Crippen LogP contribution in [0.2, 0.25) is 0 Å². The summed E-state index contributed by atoms with van der Waals surface area (Å²) in [6.07, 6.45) is 0. The zero-order chi connectivity index (χ0) is 12.9. The maximum atomic E-state index is 10.1. The number of halogens is 1. The number of aromatic nitrogens is 2. The van der Waals surface area contributed by atoms with Crippen molar-refractivity contribution < 1.29 is 14.6 Å². The zero-order valence-electron chi connectivity index (χ0n) is 9.48. The molecule has 3 N–H and O–H groups in total. The van der Waals surface area contributed by atoms with Crippen LogP contribution in [0, 0.1) is 0 Å². The van der Waals surface area contributed by atoms with Crippen LogP contribution in [0.1, 0.15) is 0 Å². The minimum atomic E-state index is 0.0531. The number of ether oxygens (including phenoxy) is 2. The van der Waals surface area contributed by atoms with Gasteiger partial charge in [0.2, 0.25) is 6.79 Å². The van der Waals surface area contributed by atoms with Crippen LogP contribution in [0.5, 0.6) is 17.2 Å². The Balaban J connectivity index is 2.21. The first-order valence-electron chi connectivity index (χ1n) is 5.19. The van der Waals surface area contributed by atoms with Crippen molar-refractivity contribution in [2.75, 3.05) is 12.5 Å². The molecule has 1 aromatic heterocycles. The van der Waals surface area contributed by atoms with E-state index in [0.717, 1.165) is 0 Å². The average Bonchev–Trinajstić information content (AvgIpc) is 2.92. The lowest BCUT2D eigenvalue weighted by molar-refractivity contribution is 0.173. The number of aryl methyl sites for hydroxylation is 1. The summed E-state index contributed by atoms with van der Waals surface area (Å²) in [7, 11) is 1.73. The highest BCUT2D eigenvalue weighted by Crippen LogP contribution is 2.49. The Bertz CT molecular complexity index is 619. The highest BCUT2D eigenvalue weighted by molar-refractivity contribution is 9.10. The number of nitrogens with two attached hydrogens (primary N) is 1. The summed E-state index contributed by atoms with van der Waals surface area (Å²) >= 11 is 3.28. The third kappa shape index (κ3) is 1.51. The fourth-order valence-electron chi connectivity index (χ4n) is 1.80. The number of anilines is 1. The van der Waals surface area contributed by atoms with Crippen LogP contribution < -0.4 is 15.2 Å². The molecule has 1 aromatic carbocycles. The molecule has 6 nitrogen and oxygen atoms in total. The van der Waals surface area contributed by atoms with Crippen LogP contribution in [-0.2, 0) is 7.05 Å². The molecule has 0 spiro atoms. The first-order valence-corrected chi connectivity index (χ1v) is 5.98. The topological polar surface area (TPSA) is 82.5 Å². The zero-order valence-corrected chi connectivity index (χ0v) is 11.1. The maximum absolute atomic E-state index is 10.1. The number of hydrogen-bond acceptors (Lipinski definition) is 5. The van der Waals surface area contributed by atoms with Gasteiger partial charge in [0.1, 0.15) is 16.0 Å². The van der Waals surface area contributed by atoms with Crippen LogP contribution in [0.25, 0.3) is 11.3 Å². The average molecular weight is 312 g/mol. The number of aromatic hydroxyl groups is 1. The van der Waals surface area contributed by atoms with Gasteiger partial charge in [0.25, 0.3) is 0 Å². The van der Waals surface area contributed by atoms with Crippen molar-refractivity contribution in [2.24, 2.45) is 7.05 Å². The highest BCUT2D eigenvalue weighted by atomic mass is 79.9. The number of nitrogen functional groups attached to an aromatic ring is 1. The molecule has 0 unspecified atom stereocenters. The second-order valence-corrected chi connectivity index (χ2v) is 4.69. The fourth-order valence-corrected chi connectivity index (χ4v) is 2.32. The van der Waals surface area contributed by atoms with E-state index in [1.54, 1.807) is 19.2 Å². The van der Waals surface area contributed by atoms with E-state index in [2.05, 4.69) is 21.0 Å². The molecule has 2 heterocycles. The quantitative estimate of drug-likeness (QED) is 0.840. The van der Waals surface area contributed by atoms with Gasteiger partial charge in [-0.2, -0.15) is 5.10 Å². The second kappa shape index (κ2) is 3.81. The Morgan fingerprint density at radius 1 is 1.44 bits per heavy atom. The van der Waals surface area contributed by atoms with Crippen LogP contribution in [-0.4, -0.2) is 21.7 Å². The Hall–Kier alpha value is -1.89. The summed E-state index contributed by atoms with van der Waals surface area (Å²) in [5.74, 6) is 1.63. The van der Waals surface area contributed by atoms with E-state index in [0.29, 0.717) is 33.0 Å². The molecule has 0 bridgehead atoms. The summed E-state index contributed by atoms with van der Waals surface area (Å²) in [5, 5.41) is 14.4. The van der Waals surface area contributed by atoms with Crippen LogP contribution in [0.15, 0.2) is 16.6 Å². The van der Waals surface area contributed by atoms with Crippen molar-refractivity contribution in [1.82, 2.24) is 9.78 Å². The molecule has 0 aliphatic carbocycles. The summed E-state index contributed by atoms with van der Waals surface area (Å²) in [5.41, 5.74) is 6.85. The van der Waals surface area contributed by atoms with Gasteiger partial charge in [-0.15, -0.1) is 0 Å². The van der Waals surface area contributed by atoms with Gasteiger partial charge < -0.3 is 20.3 Å². The lowest BCUT2D eigenvalue weighted by Gasteiger charge is -2.06. The van der Waals surface area contributed by atoms with Gasteiger partial charge >= 0.3 is 0 Å². The van der Waals surface area contributed by atoms with E-state index >= 15 is 0 Å². The molecule has 0 radical (unpaired) electrons. The van der Waals surface area contributed by atoms with Gasteiger partial charge in [0.05, 0.1) is 5.69 Å². The van der Waals surface area contributed by atoms with Crippen molar-refractivity contribution in [2.45, 2.75) is 0 Å². The van der Waals surface area contributed by atoms with E-state index in [-0.39, 0.29) is 12.5 Å². The van der Waals surface area contributed by atoms with Crippen molar-refractivity contribution in [3.63, 3.8) is 0 Å². The lowest BCUT2D eigenvalue weighted by atomic mass is 10.1. The molecule has 0 fully saturated rings. The Labute approximate surface area is 111 Å². The summed E-state index contributed by atoms with van der Waals surface area (Å²) in [4.78, 5) is 0. The predicted octanol–water partition coefficient (Wildman–Crippen LogP) is 1.87. The second-order valence-electron chi connectivity index (χ2n) is 3.90. The third-order valence-electron chi connectivity index (χ3n) is 2.77. The van der Waals surface area contributed by atoms with Crippen molar-refractivity contribution in [1.29, 1.82) is 0 Å². The van der Waals surface area contributed by atoms with Crippen molar-refractivity contribution >= 4 is 21.7 Å². The number of phenolic OH excluding ortho intramolecular Hbond substituents is 1. The van der Waals surface area contributed by atoms with E-state index in [1.807, 2.05) is 0 Å². The van der Waals surface area contributed by atoms with Gasteiger partial charge in [0, 0.05) is 18.7 Å². The van der Waals surface area contributed by atoms with Crippen LogP contribution in [0.4, 0.5) is 5.82 Å². The normalized spacial score (nSPS) is 13.0.